The van der Waals surface area contributed by atoms with Crippen LogP contribution in [0.1, 0.15) is 5.56 Å². The molecule has 2 amide bonds. The van der Waals surface area contributed by atoms with Gasteiger partial charge < -0.3 is 10.1 Å². The van der Waals surface area contributed by atoms with E-state index in [0.29, 0.717) is 13.0 Å². The van der Waals surface area contributed by atoms with E-state index in [1.54, 1.807) is 25.6 Å². The Kier molecular flexibility index (Phi) is 4.88. The number of carbonyl (C=O) groups excluding carboxylic acids is 1. The summed E-state index contributed by atoms with van der Waals surface area (Å²) in [6.07, 6.45) is 3.82. The molecule has 0 aliphatic carbocycles. The van der Waals surface area contributed by atoms with E-state index < -0.39 is 0 Å². The molecule has 0 radical (unpaired) electrons. The van der Waals surface area contributed by atoms with Crippen LogP contribution in [0.25, 0.3) is 0 Å². The number of carbonyl (C=O) groups is 1. The molecule has 104 valence electrons. The molecular weight excluding hydrogens is 256 g/mol. The van der Waals surface area contributed by atoms with Gasteiger partial charge >= 0.3 is 6.03 Å². The minimum absolute atomic E-state index is 0.280. The summed E-state index contributed by atoms with van der Waals surface area (Å²) in [5, 5.41) is 5.30. The average molecular weight is 272 g/mol. The molecule has 0 unspecified atom stereocenters. The summed E-state index contributed by atoms with van der Waals surface area (Å²) in [5.41, 5.74) is 1.05. The number of hydrogen-bond donors (Lipinski definition) is 2. The molecule has 0 aliphatic rings. The predicted molar refractivity (Wildman–Crippen MR) is 75.8 cm³/mol. The maximum Gasteiger partial charge on any atom is 0.321 e. The first kappa shape index (κ1) is 13.8. The van der Waals surface area contributed by atoms with Crippen molar-refractivity contribution in [2.75, 3.05) is 19.0 Å². The Bertz CT molecular complexity index is 560. The van der Waals surface area contributed by atoms with Crippen LogP contribution in [0.3, 0.4) is 0 Å². The lowest BCUT2D eigenvalue weighted by atomic mass is 10.1. The Morgan fingerprint density at radius 3 is 2.70 bits per heavy atom. The Morgan fingerprint density at radius 2 is 1.95 bits per heavy atom. The minimum atomic E-state index is -0.328. The van der Waals surface area contributed by atoms with Gasteiger partial charge in [-0.3, -0.25) is 5.32 Å². The number of rotatable bonds is 5. The first-order valence-corrected chi connectivity index (χ1v) is 6.23. The fraction of sp³-hybridized carbons (Fsp3) is 0.214. The molecule has 0 saturated carbocycles. The molecule has 1 aromatic carbocycles. The molecule has 0 atom stereocenters. The normalized spacial score (nSPS) is 9.85. The fourth-order valence-corrected chi connectivity index (χ4v) is 1.73. The molecule has 6 nitrogen and oxygen atoms in total. The summed E-state index contributed by atoms with van der Waals surface area (Å²) >= 11 is 0. The highest BCUT2D eigenvalue weighted by Crippen LogP contribution is 2.17. The molecular formula is C14H16N4O2. The van der Waals surface area contributed by atoms with Crippen LogP contribution in [0.15, 0.2) is 42.7 Å². The van der Waals surface area contributed by atoms with Crippen molar-refractivity contribution in [1.29, 1.82) is 0 Å². The second-order valence-corrected chi connectivity index (χ2v) is 4.02. The Morgan fingerprint density at radius 1 is 1.20 bits per heavy atom. The lowest BCUT2D eigenvalue weighted by Gasteiger charge is -2.09. The molecule has 2 aromatic rings. The number of urea groups is 1. The van der Waals surface area contributed by atoms with E-state index in [1.165, 1.54) is 0 Å². The van der Waals surface area contributed by atoms with Gasteiger partial charge in [0, 0.05) is 18.9 Å². The third-order valence-electron chi connectivity index (χ3n) is 2.66. The van der Waals surface area contributed by atoms with Crippen molar-refractivity contribution < 1.29 is 9.53 Å². The number of anilines is 1. The van der Waals surface area contributed by atoms with Crippen molar-refractivity contribution in [2.24, 2.45) is 0 Å². The third-order valence-corrected chi connectivity index (χ3v) is 2.66. The maximum atomic E-state index is 11.6. The van der Waals surface area contributed by atoms with Crippen LogP contribution in [-0.4, -0.2) is 29.7 Å². The van der Waals surface area contributed by atoms with Crippen LogP contribution in [0, 0.1) is 0 Å². The number of para-hydroxylation sites is 1. The number of hydrogen-bond acceptors (Lipinski definition) is 4. The Hall–Kier alpha value is -2.63. The molecule has 6 heteroatoms. The van der Waals surface area contributed by atoms with Crippen molar-refractivity contribution in [2.45, 2.75) is 6.42 Å². The van der Waals surface area contributed by atoms with Gasteiger partial charge in [0.2, 0.25) is 5.95 Å². The number of methoxy groups -OCH3 is 1. The number of ether oxygens (including phenoxy) is 1. The van der Waals surface area contributed by atoms with Crippen molar-refractivity contribution >= 4 is 12.0 Å². The molecule has 0 bridgehead atoms. The van der Waals surface area contributed by atoms with Crippen LogP contribution in [0.4, 0.5) is 10.7 Å². The molecule has 1 heterocycles. The van der Waals surface area contributed by atoms with Gasteiger partial charge in [0.25, 0.3) is 0 Å². The summed E-state index contributed by atoms with van der Waals surface area (Å²) in [5.74, 6) is 1.10. The molecule has 1 aromatic heterocycles. The summed E-state index contributed by atoms with van der Waals surface area (Å²) < 4.78 is 5.25. The number of benzene rings is 1. The topological polar surface area (TPSA) is 76.1 Å². The van der Waals surface area contributed by atoms with Crippen molar-refractivity contribution in [3.8, 4) is 5.75 Å². The Balaban J connectivity index is 1.79. The first-order valence-electron chi connectivity index (χ1n) is 6.23. The quantitative estimate of drug-likeness (QED) is 0.871. The second-order valence-electron chi connectivity index (χ2n) is 4.02. The van der Waals surface area contributed by atoms with E-state index in [-0.39, 0.29) is 12.0 Å². The highest BCUT2D eigenvalue weighted by Gasteiger charge is 2.04. The fourth-order valence-electron chi connectivity index (χ4n) is 1.73. The molecule has 2 N–H and O–H groups in total. The molecule has 2 rings (SSSR count). The molecule has 0 aliphatic heterocycles. The maximum absolute atomic E-state index is 11.6. The van der Waals surface area contributed by atoms with Gasteiger partial charge in [0.1, 0.15) is 5.75 Å². The van der Waals surface area contributed by atoms with Gasteiger partial charge in [-0.2, -0.15) is 0 Å². The van der Waals surface area contributed by atoms with Gasteiger partial charge in [-0.1, -0.05) is 18.2 Å². The smallest absolute Gasteiger partial charge is 0.321 e. The van der Waals surface area contributed by atoms with Crippen LogP contribution < -0.4 is 15.4 Å². The van der Waals surface area contributed by atoms with Gasteiger partial charge in [-0.15, -0.1) is 0 Å². The van der Waals surface area contributed by atoms with E-state index >= 15 is 0 Å². The molecule has 20 heavy (non-hydrogen) atoms. The zero-order valence-corrected chi connectivity index (χ0v) is 11.2. The van der Waals surface area contributed by atoms with Crippen LogP contribution in [0.2, 0.25) is 0 Å². The van der Waals surface area contributed by atoms with Crippen LogP contribution >= 0.6 is 0 Å². The average Bonchev–Trinajstić information content (AvgIpc) is 2.49. The minimum Gasteiger partial charge on any atom is -0.496 e. The molecule has 0 saturated heterocycles. The number of aromatic nitrogens is 2. The molecule has 0 spiro atoms. The number of amides is 2. The summed E-state index contributed by atoms with van der Waals surface area (Å²) in [7, 11) is 1.63. The van der Waals surface area contributed by atoms with Gasteiger partial charge in [0.05, 0.1) is 7.11 Å². The highest BCUT2D eigenvalue weighted by molar-refractivity contribution is 5.87. The standard InChI is InChI=1S/C14H16N4O2/c1-20-12-6-3-2-5-11(12)7-10-17-14(19)18-13-15-8-4-9-16-13/h2-6,8-9H,7,10H2,1H3,(H2,15,16,17,18,19). The highest BCUT2D eigenvalue weighted by atomic mass is 16.5. The largest absolute Gasteiger partial charge is 0.496 e. The molecule has 0 fully saturated rings. The van der Waals surface area contributed by atoms with Crippen molar-refractivity contribution in [3.63, 3.8) is 0 Å². The zero-order valence-electron chi connectivity index (χ0n) is 11.2. The Labute approximate surface area is 117 Å². The first-order chi connectivity index (χ1) is 9.79. The second kappa shape index (κ2) is 7.08. The SMILES string of the molecule is COc1ccccc1CCNC(=O)Nc1ncccn1. The van der Waals surface area contributed by atoms with Gasteiger partial charge in [-0.25, -0.2) is 14.8 Å². The number of nitrogens with one attached hydrogen (secondary N) is 2. The van der Waals surface area contributed by atoms with E-state index in [0.717, 1.165) is 11.3 Å². The van der Waals surface area contributed by atoms with E-state index in [4.69, 9.17) is 4.74 Å². The van der Waals surface area contributed by atoms with E-state index in [9.17, 15) is 4.79 Å². The lowest BCUT2D eigenvalue weighted by Crippen LogP contribution is -2.31. The summed E-state index contributed by atoms with van der Waals surface area (Å²) in [6, 6.07) is 9.08. The van der Waals surface area contributed by atoms with E-state index in [1.807, 2.05) is 24.3 Å². The third kappa shape index (κ3) is 3.94. The monoisotopic (exact) mass is 272 g/mol. The summed E-state index contributed by atoms with van der Waals surface area (Å²) in [4.78, 5) is 19.4. The number of nitrogens with zero attached hydrogens (tertiary/aromatic N) is 2. The van der Waals surface area contributed by atoms with Crippen molar-refractivity contribution in [1.82, 2.24) is 15.3 Å². The summed E-state index contributed by atoms with van der Waals surface area (Å²) in [6.45, 7) is 0.499. The van der Waals surface area contributed by atoms with Crippen LogP contribution in [-0.2, 0) is 6.42 Å². The zero-order chi connectivity index (χ0) is 14.2. The van der Waals surface area contributed by atoms with Crippen molar-refractivity contribution in [3.05, 3.63) is 48.3 Å². The van der Waals surface area contributed by atoms with Crippen LogP contribution in [0.5, 0.6) is 5.75 Å². The van der Waals surface area contributed by atoms with Gasteiger partial charge in [-0.05, 0) is 24.1 Å². The lowest BCUT2D eigenvalue weighted by molar-refractivity contribution is 0.252. The predicted octanol–water partition coefficient (Wildman–Crippen LogP) is 1.85. The van der Waals surface area contributed by atoms with Gasteiger partial charge in [0.15, 0.2) is 0 Å². The van der Waals surface area contributed by atoms with E-state index in [2.05, 4.69) is 20.6 Å².